The molecule has 2 saturated heterocycles. The molecule has 44 heavy (non-hydrogen) atoms. The summed E-state index contributed by atoms with van der Waals surface area (Å²) in [6, 6.07) is 16.4. The zero-order valence-corrected chi connectivity index (χ0v) is 25.7. The molecule has 2 amide bonds. The predicted molar refractivity (Wildman–Crippen MR) is 166 cm³/mol. The van der Waals surface area contributed by atoms with Crippen LogP contribution in [0.1, 0.15) is 42.4 Å². The van der Waals surface area contributed by atoms with Crippen LogP contribution in [0.2, 0.25) is 0 Å². The van der Waals surface area contributed by atoms with Crippen molar-refractivity contribution in [1.29, 1.82) is 0 Å². The summed E-state index contributed by atoms with van der Waals surface area (Å²) >= 11 is 0. The monoisotopic (exact) mass is 603 g/mol. The summed E-state index contributed by atoms with van der Waals surface area (Å²) in [4.78, 5) is 51.3. The Morgan fingerprint density at radius 2 is 1.57 bits per heavy atom. The number of anilines is 1. The number of Topliss-reactive ketones (excluding diaryl/α,β-unsaturated/α-hetero) is 1. The molecular formula is C33H41N5O6. The van der Waals surface area contributed by atoms with Crippen LogP contribution < -0.4 is 20.3 Å². The number of ether oxygens (including phenoxy) is 3. The molecule has 0 saturated carbocycles. The van der Waals surface area contributed by atoms with Crippen LogP contribution in [0.15, 0.2) is 66.9 Å². The van der Waals surface area contributed by atoms with Crippen LogP contribution >= 0.6 is 0 Å². The fourth-order valence-electron chi connectivity index (χ4n) is 4.78. The first-order valence-electron chi connectivity index (χ1n) is 15.0. The SMILES string of the molecule is CC.COc1ccc(CC(NC(=O)c2ccnc(N3CCOCC3)n2)C(=O)NC(Cc2ccccc2)C(=O)C2(C)CO2)cc1. The predicted octanol–water partition coefficient (Wildman–Crippen LogP) is 2.77. The van der Waals surface area contributed by atoms with Gasteiger partial charge in [0.05, 0.1) is 33.0 Å². The van der Waals surface area contributed by atoms with Gasteiger partial charge in [-0.3, -0.25) is 14.4 Å². The second kappa shape index (κ2) is 15.4. The molecule has 5 rings (SSSR count). The van der Waals surface area contributed by atoms with Crippen LogP contribution in [-0.4, -0.2) is 85.3 Å². The van der Waals surface area contributed by atoms with Gasteiger partial charge in [0.15, 0.2) is 5.78 Å². The van der Waals surface area contributed by atoms with Crippen LogP contribution in [0.25, 0.3) is 0 Å². The molecule has 2 aliphatic heterocycles. The topological polar surface area (TPSA) is 135 Å². The van der Waals surface area contributed by atoms with Gasteiger partial charge in [-0.15, -0.1) is 0 Å². The number of benzene rings is 2. The lowest BCUT2D eigenvalue weighted by Gasteiger charge is -2.27. The number of carbonyl (C=O) groups is 3. The van der Waals surface area contributed by atoms with Crippen LogP contribution in [0.3, 0.4) is 0 Å². The second-order valence-electron chi connectivity index (χ2n) is 10.6. The fourth-order valence-corrected chi connectivity index (χ4v) is 4.78. The largest absolute Gasteiger partial charge is 0.497 e. The summed E-state index contributed by atoms with van der Waals surface area (Å²) in [7, 11) is 1.58. The number of nitrogens with zero attached hydrogens (tertiary/aromatic N) is 3. The van der Waals surface area contributed by atoms with E-state index >= 15 is 0 Å². The molecule has 0 spiro atoms. The number of carbonyl (C=O) groups excluding carboxylic acids is 3. The summed E-state index contributed by atoms with van der Waals surface area (Å²) in [5.74, 6) is -0.121. The van der Waals surface area contributed by atoms with E-state index in [0.717, 1.165) is 11.1 Å². The van der Waals surface area contributed by atoms with Crippen molar-refractivity contribution in [2.24, 2.45) is 0 Å². The van der Waals surface area contributed by atoms with Gasteiger partial charge in [-0.25, -0.2) is 9.97 Å². The molecule has 2 fully saturated rings. The van der Waals surface area contributed by atoms with E-state index in [0.29, 0.717) is 51.0 Å². The third-order valence-electron chi connectivity index (χ3n) is 7.40. The maximum Gasteiger partial charge on any atom is 0.270 e. The Labute approximate surface area is 258 Å². The van der Waals surface area contributed by atoms with Crippen molar-refractivity contribution in [1.82, 2.24) is 20.6 Å². The van der Waals surface area contributed by atoms with Crippen molar-refractivity contribution in [3.05, 3.63) is 83.7 Å². The van der Waals surface area contributed by atoms with Gasteiger partial charge in [-0.2, -0.15) is 0 Å². The van der Waals surface area contributed by atoms with E-state index in [-0.39, 0.29) is 17.9 Å². The molecule has 11 heteroatoms. The highest BCUT2D eigenvalue weighted by molar-refractivity contribution is 5.99. The van der Waals surface area contributed by atoms with Crippen LogP contribution in [0.4, 0.5) is 5.95 Å². The Bertz CT molecular complexity index is 1390. The van der Waals surface area contributed by atoms with Crippen molar-refractivity contribution in [2.75, 3.05) is 44.9 Å². The number of nitrogens with one attached hydrogen (secondary N) is 2. The third-order valence-corrected chi connectivity index (χ3v) is 7.40. The zero-order valence-electron chi connectivity index (χ0n) is 25.7. The van der Waals surface area contributed by atoms with E-state index in [2.05, 4.69) is 20.6 Å². The summed E-state index contributed by atoms with van der Waals surface area (Å²) < 4.78 is 16.1. The smallest absolute Gasteiger partial charge is 0.270 e. The standard InChI is InChI=1S/C31H35N5O6.C2H6/c1-31(20-42-31)27(37)25(18-21-6-4-3-5-7-21)33-29(39)26(19-22-8-10-23(40-2)11-9-22)34-28(38)24-12-13-32-30(35-24)36-14-16-41-17-15-36;1-2/h3-13,25-26H,14-20H2,1-2H3,(H,33,39)(H,34,38);1-2H3. The number of aromatic nitrogens is 2. The minimum Gasteiger partial charge on any atom is -0.497 e. The molecule has 1 aromatic heterocycles. The lowest BCUT2D eigenvalue weighted by molar-refractivity contribution is -0.131. The van der Waals surface area contributed by atoms with Crippen molar-refractivity contribution in [3.8, 4) is 5.75 Å². The van der Waals surface area contributed by atoms with E-state index in [1.165, 1.54) is 12.3 Å². The van der Waals surface area contributed by atoms with Crippen molar-refractivity contribution in [3.63, 3.8) is 0 Å². The first-order chi connectivity index (χ1) is 21.3. The maximum atomic E-state index is 13.8. The summed E-state index contributed by atoms with van der Waals surface area (Å²) in [6.07, 6.45) is 2.00. The number of hydrogen-bond acceptors (Lipinski definition) is 9. The van der Waals surface area contributed by atoms with Gasteiger partial charge in [0.25, 0.3) is 5.91 Å². The number of rotatable bonds is 12. The normalized spacial score (nSPS) is 18.6. The van der Waals surface area contributed by atoms with Gasteiger partial charge >= 0.3 is 0 Å². The van der Waals surface area contributed by atoms with E-state index < -0.39 is 29.5 Å². The highest BCUT2D eigenvalue weighted by atomic mass is 16.6. The first-order valence-corrected chi connectivity index (χ1v) is 15.0. The van der Waals surface area contributed by atoms with Crippen LogP contribution in [0.5, 0.6) is 5.75 Å². The molecule has 3 heterocycles. The van der Waals surface area contributed by atoms with Gasteiger partial charge < -0.3 is 29.7 Å². The minimum atomic E-state index is -0.994. The number of morpholine rings is 1. The first kappa shape index (κ1) is 32.6. The summed E-state index contributed by atoms with van der Waals surface area (Å²) in [5, 5.41) is 5.76. The molecule has 3 atom stereocenters. The quantitative estimate of drug-likeness (QED) is 0.300. The Morgan fingerprint density at radius 3 is 2.20 bits per heavy atom. The molecule has 0 aliphatic carbocycles. The molecule has 2 aliphatic rings. The average Bonchev–Trinajstić information content (AvgIpc) is 3.84. The van der Waals surface area contributed by atoms with E-state index in [1.807, 2.05) is 61.2 Å². The van der Waals surface area contributed by atoms with Crippen LogP contribution in [0, 0.1) is 0 Å². The molecule has 2 aromatic carbocycles. The second-order valence-corrected chi connectivity index (χ2v) is 10.6. The number of ketones is 1. The van der Waals surface area contributed by atoms with E-state index in [4.69, 9.17) is 14.2 Å². The van der Waals surface area contributed by atoms with Gasteiger partial charge in [-0.05, 0) is 42.7 Å². The zero-order chi connectivity index (χ0) is 31.5. The highest BCUT2D eigenvalue weighted by Gasteiger charge is 2.50. The molecule has 11 nitrogen and oxygen atoms in total. The van der Waals surface area contributed by atoms with Crippen molar-refractivity contribution >= 4 is 23.5 Å². The van der Waals surface area contributed by atoms with E-state index in [1.54, 1.807) is 26.2 Å². The van der Waals surface area contributed by atoms with Gasteiger partial charge in [0, 0.05) is 25.7 Å². The van der Waals surface area contributed by atoms with Gasteiger partial charge in [-0.1, -0.05) is 56.3 Å². The van der Waals surface area contributed by atoms with Crippen molar-refractivity contribution < 1.29 is 28.6 Å². The Morgan fingerprint density at radius 1 is 0.932 bits per heavy atom. The summed E-state index contributed by atoms with van der Waals surface area (Å²) in [6.45, 7) is 8.36. The maximum absolute atomic E-state index is 13.8. The van der Waals surface area contributed by atoms with Gasteiger partial charge in [0.2, 0.25) is 11.9 Å². The van der Waals surface area contributed by atoms with Gasteiger partial charge in [0.1, 0.15) is 23.1 Å². The molecule has 2 N–H and O–H groups in total. The summed E-state index contributed by atoms with van der Waals surface area (Å²) in [5.41, 5.74) is 0.900. The number of amides is 2. The van der Waals surface area contributed by atoms with Crippen molar-refractivity contribution in [2.45, 2.75) is 51.3 Å². The lowest BCUT2D eigenvalue weighted by atomic mass is 9.94. The molecule has 0 radical (unpaired) electrons. The molecule has 3 aromatic rings. The minimum absolute atomic E-state index is 0.134. The number of methoxy groups -OCH3 is 1. The third kappa shape index (κ3) is 8.61. The molecular weight excluding hydrogens is 562 g/mol. The van der Waals surface area contributed by atoms with Crippen LogP contribution in [-0.2, 0) is 31.9 Å². The molecule has 0 bridgehead atoms. The Kier molecular flexibility index (Phi) is 11.4. The molecule has 3 unspecified atom stereocenters. The fraction of sp³-hybridized carbons (Fsp3) is 0.424. The lowest BCUT2D eigenvalue weighted by Crippen LogP contribution is -2.55. The van der Waals surface area contributed by atoms with E-state index in [9.17, 15) is 14.4 Å². The molecule has 234 valence electrons. The number of hydrogen-bond donors (Lipinski definition) is 2. The Balaban J connectivity index is 0.00000216. The Hall–Kier alpha value is -4.35. The number of epoxide rings is 1. The highest BCUT2D eigenvalue weighted by Crippen LogP contribution is 2.29. The average molecular weight is 604 g/mol.